The molecule has 6 bridgehead atoms. The quantitative estimate of drug-likeness (QED) is 0.0489. The van der Waals surface area contributed by atoms with Crippen LogP contribution in [0.25, 0.3) is 22.3 Å². The molecule has 584 valence electrons. The van der Waals surface area contributed by atoms with Gasteiger partial charge in [0, 0.05) is 46.5 Å². The highest BCUT2D eigenvalue weighted by atomic mass is 16.6. The van der Waals surface area contributed by atoms with Gasteiger partial charge in [0.05, 0.1) is 33.4 Å². The number of carbonyl (C=O) groups excluding carboxylic acids is 10. The topological polar surface area (TPSA) is 749 Å². The van der Waals surface area contributed by atoms with Gasteiger partial charge in [0.2, 0.25) is 46.0 Å². The Morgan fingerprint density at radius 1 is 0.312 bits per heavy atom. The molecule has 11 rings (SSSR count). The van der Waals surface area contributed by atoms with Gasteiger partial charge in [-0.2, -0.15) is 0 Å². The summed E-state index contributed by atoms with van der Waals surface area (Å²) in [5.74, 6) is -59.5. The Morgan fingerprint density at radius 2 is 0.571 bits per heavy atom. The SMILES string of the molecule is O=CC1OC(=O)c2cc(O)c(O)c(O)c2Oc2cc3c(c(O)c2O)-c2c(cc(O)c(O)c2O)C(=O)OCC(O)C(OC3=O)C(OC(=O)c2cc(O)c(O)c(O)c2)C(C=O)OC(=O)c2cc(O)c(O)c(O)c2Oc2cc3c(c(O)c2O)-c2c(cc(O)c(O)c2O)C(=O)OC(C(O)COC3=O)C1OC(=O)c1cc(O)c(O)c(O)c1. The molecule has 0 aromatic heterocycles. The Morgan fingerprint density at radius 3 is 0.893 bits per heavy atom. The molecule has 44 heteroatoms. The number of aliphatic hydroxyl groups excluding tert-OH is 2. The van der Waals surface area contributed by atoms with Crippen molar-refractivity contribution in [3.8, 4) is 172 Å². The third-order valence-corrected chi connectivity index (χ3v) is 16.8. The molecule has 0 spiro atoms. The molecule has 24 N–H and O–H groups in total. The molecule has 44 nitrogen and oxygen atoms in total. The highest BCUT2D eigenvalue weighted by Crippen LogP contribution is 2.58. The van der Waals surface area contributed by atoms with Gasteiger partial charge in [-0.1, -0.05) is 0 Å². The van der Waals surface area contributed by atoms with Crippen LogP contribution in [0.4, 0.5) is 0 Å². The molecule has 0 amide bonds. The van der Waals surface area contributed by atoms with Crippen LogP contribution < -0.4 is 9.47 Å². The minimum Gasteiger partial charge on any atom is -0.504 e. The molecule has 0 saturated carbocycles. The number of carbonyl (C=O) groups is 10. The highest BCUT2D eigenvalue weighted by molar-refractivity contribution is 6.11. The van der Waals surface area contributed by atoms with E-state index in [4.69, 9.17) is 47.4 Å². The van der Waals surface area contributed by atoms with E-state index in [1.165, 1.54) is 0 Å². The predicted molar refractivity (Wildman–Crippen MR) is 346 cm³/mol. The van der Waals surface area contributed by atoms with Crippen molar-refractivity contribution in [2.75, 3.05) is 13.2 Å². The van der Waals surface area contributed by atoms with Gasteiger partial charge in [-0.05, 0) is 36.4 Å². The molecular weight excluding hydrogens is 1520 g/mol. The van der Waals surface area contributed by atoms with Gasteiger partial charge in [0.1, 0.15) is 36.5 Å². The minimum absolute atomic E-state index is 0.0636. The second-order valence-corrected chi connectivity index (χ2v) is 23.7. The van der Waals surface area contributed by atoms with Gasteiger partial charge >= 0.3 is 47.8 Å². The van der Waals surface area contributed by atoms with Crippen LogP contribution in [-0.2, 0) is 47.5 Å². The number of rotatable bonds is 6. The second-order valence-electron chi connectivity index (χ2n) is 23.7. The summed E-state index contributed by atoms with van der Waals surface area (Å²) in [4.78, 5) is 145. The summed E-state index contributed by atoms with van der Waals surface area (Å²) < 4.78 is 54.3. The Labute approximate surface area is 615 Å². The van der Waals surface area contributed by atoms with E-state index in [9.17, 15) is 166 Å². The van der Waals surface area contributed by atoms with E-state index in [1.807, 2.05) is 0 Å². The zero-order valence-electron chi connectivity index (χ0n) is 54.9. The van der Waals surface area contributed by atoms with Crippen LogP contribution in [0.3, 0.4) is 0 Å². The average Bonchev–Trinajstić information content (AvgIpc) is 0.929. The summed E-state index contributed by atoms with van der Waals surface area (Å²) in [6.45, 7) is -3.48. The van der Waals surface area contributed by atoms with Crippen LogP contribution >= 0.6 is 0 Å². The maximum Gasteiger partial charge on any atom is 0.343 e. The Hall–Kier alpha value is -16.0. The number of fused-ring (bicyclic) bond motifs is 14. The lowest BCUT2D eigenvalue weighted by atomic mass is 9.91. The van der Waals surface area contributed by atoms with Crippen molar-refractivity contribution in [2.45, 2.75) is 48.8 Å². The molecule has 8 unspecified atom stereocenters. The smallest absolute Gasteiger partial charge is 0.343 e. The van der Waals surface area contributed by atoms with E-state index < -0.39 is 339 Å². The highest BCUT2D eigenvalue weighted by Gasteiger charge is 2.49. The molecule has 0 aliphatic carbocycles. The van der Waals surface area contributed by atoms with E-state index in [1.54, 1.807) is 0 Å². The number of aldehydes is 2. The number of aromatic hydroxyl groups is 22. The largest absolute Gasteiger partial charge is 0.504 e. The first-order chi connectivity index (χ1) is 52.7. The van der Waals surface area contributed by atoms with Crippen molar-refractivity contribution in [3.05, 3.63) is 105 Å². The maximum absolute atomic E-state index is 15.4. The molecule has 0 radical (unpaired) electrons. The number of benzene rings is 8. The minimum atomic E-state index is -3.18. The van der Waals surface area contributed by atoms with Crippen LogP contribution in [-0.4, -0.2) is 245 Å². The number of cyclic esters (lactones) is 3. The second kappa shape index (κ2) is 29.0. The Balaban J connectivity index is 1.21. The zero-order valence-corrected chi connectivity index (χ0v) is 54.9. The summed E-state index contributed by atoms with van der Waals surface area (Å²) in [6, 6.07) is 2.14. The lowest BCUT2D eigenvalue weighted by molar-refractivity contribution is -0.142. The molecule has 8 atom stereocenters. The lowest BCUT2D eigenvalue weighted by Gasteiger charge is -2.33. The number of aliphatic hydroxyl groups is 2. The molecule has 112 heavy (non-hydrogen) atoms. The molecule has 0 saturated heterocycles. The van der Waals surface area contributed by atoms with Crippen molar-refractivity contribution in [1.29, 1.82) is 0 Å². The molecule has 3 aliphatic heterocycles. The Bertz CT molecular complexity index is 5380. The predicted octanol–water partition coefficient (Wildman–Crippen LogP) is 1.86. The van der Waals surface area contributed by atoms with Gasteiger partial charge in [0.15, 0.2) is 153 Å². The Kier molecular flexibility index (Phi) is 20.0. The van der Waals surface area contributed by atoms with Gasteiger partial charge < -0.3 is 170 Å². The lowest BCUT2D eigenvalue weighted by Crippen LogP contribution is -2.52. The normalized spacial score (nSPS) is 19.3. The first kappa shape index (κ1) is 77.1. The third-order valence-electron chi connectivity index (χ3n) is 16.8. The number of phenolic OH excluding ortho intramolecular Hbond substituents is 22. The number of hydrogen-bond acceptors (Lipinski definition) is 44. The number of ether oxygens (including phenoxy) is 10. The first-order valence-corrected chi connectivity index (χ1v) is 30.7. The van der Waals surface area contributed by atoms with Crippen molar-refractivity contribution in [2.24, 2.45) is 0 Å². The molecular formula is C68H48O44. The summed E-state index contributed by atoms with van der Waals surface area (Å²) in [7, 11) is 0. The first-order valence-electron chi connectivity index (χ1n) is 30.7. The standard InChI is InChI=1S/C68H48O44/c69-11-35-59(111-61(95)15-1-23(71)41(81)24(72)2-15)57-32(80)14-104-64(98)19-9-33(47(87)51(91)39(19)38-18(65(99)109-57)6-28(76)44(84)50(38)90)105-55-21(7-29(77)45(85)53(55)93)67(101)108-36(12-70)60(112-62(96)16-3-25(73)42(82)26(74)4-16)58-31(79)13-103-63(97)17-5-27(75)43(83)49(89)37(17)40-20(66(100)110-58)10-34(48(88)52(40)92)106-56-22(68(102)107-35)8-30(78)46(86)54(56)94/h1-12,31-32,35-36,57-60,71-94H,13-14H2. The molecule has 0 fully saturated rings. The fourth-order valence-electron chi connectivity index (χ4n) is 11.3. The fourth-order valence-corrected chi connectivity index (χ4v) is 11.3. The van der Waals surface area contributed by atoms with Crippen molar-refractivity contribution in [3.63, 3.8) is 0 Å². The summed E-state index contributed by atoms with van der Waals surface area (Å²) >= 11 is 0. The monoisotopic (exact) mass is 1570 g/mol. The van der Waals surface area contributed by atoms with Gasteiger partial charge in [-0.3, -0.25) is 9.59 Å². The maximum atomic E-state index is 15.4. The van der Waals surface area contributed by atoms with Gasteiger partial charge in [-0.15, -0.1) is 0 Å². The third kappa shape index (κ3) is 13.4. The van der Waals surface area contributed by atoms with Crippen molar-refractivity contribution < 1.29 is 218 Å². The van der Waals surface area contributed by atoms with Crippen molar-refractivity contribution in [1.82, 2.24) is 0 Å². The van der Waals surface area contributed by atoms with Crippen LogP contribution in [0.5, 0.6) is 149 Å². The summed E-state index contributed by atoms with van der Waals surface area (Å²) in [5.41, 5.74) is -17.1. The van der Waals surface area contributed by atoms with E-state index in [-0.39, 0.29) is 36.4 Å². The van der Waals surface area contributed by atoms with E-state index in [0.29, 0.717) is 24.3 Å². The number of phenols is 22. The summed E-state index contributed by atoms with van der Waals surface area (Å²) in [6.07, 6.45) is -25.9. The van der Waals surface area contributed by atoms with Crippen LogP contribution in [0.15, 0.2) is 60.7 Å². The number of esters is 8. The molecule has 8 aromatic carbocycles. The molecule has 3 heterocycles. The van der Waals surface area contributed by atoms with E-state index in [2.05, 4.69) is 0 Å². The zero-order chi connectivity index (χ0) is 82.1. The van der Waals surface area contributed by atoms with Crippen LogP contribution in [0, 0.1) is 0 Å². The van der Waals surface area contributed by atoms with Crippen LogP contribution in [0.2, 0.25) is 0 Å². The van der Waals surface area contributed by atoms with E-state index in [0.717, 1.165) is 0 Å². The van der Waals surface area contributed by atoms with Crippen molar-refractivity contribution >= 4 is 60.3 Å². The summed E-state index contributed by atoms with van der Waals surface area (Å²) in [5, 5.41) is 268. The van der Waals surface area contributed by atoms with Crippen LogP contribution in [0.1, 0.15) is 82.9 Å². The van der Waals surface area contributed by atoms with E-state index >= 15 is 4.79 Å². The molecule has 8 aromatic rings. The fraction of sp³-hybridized carbons (Fsp3) is 0.147. The van der Waals surface area contributed by atoms with Gasteiger partial charge in [-0.25, -0.2) is 38.4 Å². The average molecular weight is 1570 g/mol. The number of hydrogen-bond donors (Lipinski definition) is 24. The molecule has 3 aliphatic rings. The van der Waals surface area contributed by atoms with Gasteiger partial charge in [0.25, 0.3) is 0 Å².